The summed E-state index contributed by atoms with van der Waals surface area (Å²) in [5.74, 6) is -0.137. The zero-order chi connectivity index (χ0) is 45.7. The topological polar surface area (TPSA) is 105 Å². The van der Waals surface area contributed by atoms with E-state index in [-0.39, 0.29) is 19.1 Å². The number of hydrogen-bond donors (Lipinski definition) is 3. The van der Waals surface area contributed by atoms with Crippen molar-refractivity contribution < 1.29 is 32.9 Å². The number of nitrogens with one attached hydrogen (secondary N) is 1. The minimum atomic E-state index is -4.31. The van der Waals surface area contributed by atoms with Gasteiger partial charge in [-0.05, 0) is 12.8 Å². The summed E-state index contributed by atoms with van der Waals surface area (Å²) in [6, 6.07) is -0.754. The number of amides is 1. The Kier molecular flexibility index (Phi) is 45.3. The van der Waals surface area contributed by atoms with Crippen LogP contribution in [0.5, 0.6) is 0 Å². The van der Waals surface area contributed by atoms with Gasteiger partial charge in [-0.2, -0.15) is 0 Å². The number of quaternary nitrogens is 1. The first kappa shape index (κ1) is 61.5. The Morgan fingerprint density at radius 3 is 1.08 bits per heavy atom. The van der Waals surface area contributed by atoms with E-state index in [0.717, 1.165) is 38.5 Å². The highest BCUT2D eigenvalue weighted by Crippen LogP contribution is 2.43. The van der Waals surface area contributed by atoms with E-state index < -0.39 is 20.0 Å². The average molecular weight is 902 g/mol. The quantitative estimate of drug-likeness (QED) is 0.0319. The molecule has 62 heavy (non-hydrogen) atoms. The molecule has 0 heterocycles. The second-order valence-corrected chi connectivity index (χ2v) is 21.8. The number of unbranched alkanes of at least 4 members (excludes halogenated alkanes) is 38. The van der Waals surface area contributed by atoms with Crippen LogP contribution in [0.3, 0.4) is 0 Å². The van der Waals surface area contributed by atoms with E-state index in [1.807, 2.05) is 21.1 Å². The highest BCUT2D eigenvalue weighted by atomic mass is 31.2. The summed E-state index contributed by atoms with van der Waals surface area (Å²) >= 11 is 0. The third kappa shape index (κ3) is 47.5. The molecule has 0 saturated carbocycles. The van der Waals surface area contributed by atoms with Crippen molar-refractivity contribution in [3.8, 4) is 0 Å². The van der Waals surface area contributed by atoms with Crippen LogP contribution in [0.1, 0.15) is 284 Å². The van der Waals surface area contributed by atoms with Gasteiger partial charge in [0.05, 0.1) is 39.9 Å². The molecule has 0 aromatic heterocycles. The molecule has 3 atom stereocenters. The summed E-state index contributed by atoms with van der Waals surface area (Å²) < 4.78 is 23.8. The lowest BCUT2D eigenvalue weighted by molar-refractivity contribution is -0.870. The number of aliphatic hydroxyl groups excluding tert-OH is 1. The summed E-state index contributed by atoms with van der Waals surface area (Å²) in [5.41, 5.74) is 0. The molecule has 8 nitrogen and oxygen atoms in total. The van der Waals surface area contributed by atoms with Crippen molar-refractivity contribution in [1.29, 1.82) is 0 Å². The minimum Gasteiger partial charge on any atom is -0.391 e. The molecular weight excluding hydrogens is 792 g/mol. The van der Waals surface area contributed by atoms with Crippen LogP contribution in [-0.4, -0.2) is 73.4 Å². The van der Waals surface area contributed by atoms with Crippen molar-refractivity contribution in [1.82, 2.24) is 5.32 Å². The molecule has 1 amide bonds. The number of rotatable bonds is 51. The average Bonchev–Trinajstić information content (AvgIpc) is 3.23. The fraction of sp³-hybridized carbons (Fsp3) is 0.981. The van der Waals surface area contributed by atoms with Gasteiger partial charge < -0.3 is 19.8 Å². The van der Waals surface area contributed by atoms with Crippen molar-refractivity contribution in [3.05, 3.63) is 0 Å². The van der Waals surface area contributed by atoms with E-state index in [2.05, 4.69) is 19.2 Å². The summed E-state index contributed by atoms with van der Waals surface area (Å²) in [6.07, 6.45) is 52.9. The zero-order valence-electron chi connectivity index (χ0n) is 42.4. The highest BCUT2D eigenvalue weighted by molar-refractivity contribution is 7.47. The molecule has 9 heteroatoms. The maximum atomic E-state index is 13.0. The number of nitrogens with zero attached hydrogens (tertiary/aromatic N) is 1. The predicted octanol–water partition coefficient (Wildman–Crippen LogP) is 16.1. The van der Waals surface area contributed by atoms with Crippen molar-refractivity contribution in [2.45, 2.75) is 296 Å². The largest absolute Gasteiger partial charge is 0.472 e. The molecule has 0 bridgehead atoms. The van der Waals surface area contributed by atoms with Gasteiger partial charge in [-0.3, -0.25) is 13.8 Å². The van der Waals surface area contributed by atoms with Crippen molar-refractivity contribution in [2.24, 2.45) is 0 Å². The molecule has 0 fully saturated rings. The zero-order valence-corrected chi connectivity index (χ0v) is 43.3. The molecule has 0 spiro atoms. The molecular formula is C53H110N2O6P+. The summed E-state index contributed by atoms with van der Waals surface area (Å²) in [5, 5.41) is 14.1. The van der Waals surface area contributed by atoms with E-state index >= 15 is 0 Å². The Hall–Kier alpha value is -0.500. The molecule has 372 valence electrons. The standard InChI is InChI=1S/C53H109N2O6P/c1-6-8-10-12-14-16-18-20-22-24-25-26-27-28-29-31-32-34-36-38-40-42-44-46-52(56)51(50-61-62(58,59)60-49-48-55(3,4)5)54-53(57)47-45-43-41-39-37-35-33-30-23-21-19-17-15-13-11-9-7-2/h51-52,56H,6-50H2,1-5H3,(H-,54,57,58,59)/p+1. The monoisotopic (exact) mass is 902 g/mol. The summed E-state index contributed by atoms with van der Waals surface area (Å²) in [6.45, 7) is 4.94. The maximum Gasteiger partial charge on any atom is 0.472 e. The molecule has 0 saturated heterocycles. The maximum absolute atomic E-state index is 13.0. The molecule has 0 aliphatic heterocycles. The number of likely N-dealkylation sites (N-methyl/N-ethyl adjacent to an activating group) is 1. The Balaban J connectivity index is 4.16. The van der Waals surface area contributed by atoms with Crippen LogP contribution in [0.25, 0.3) is 0 Å². The van der Waals surface area contributed by atoms with Crippen LogP contribution in [-0.2, 0) is 18.4 Å². The number of aliphatic hydroxyl groups is 1. The third-order valence-corrected chi connectivity index (χ3v) is 13.8. The molecule has 0 aliphatic rings. The number of carbonyl (C=O) groups is 1. The number of phosphoric acid groups is 1. The van der Waals surface area contributed by atoms with Gasteiger partial charge in [-0.25, -0.2) is 4.57 Å². The lowest BCUT2D eigenvalue weighted by Crippen LogP contribution is -2.46. The Morgan fingerprint density at radius 2 is 0.774 bits per heavy atom. The second-order valence-electron chi connectivity index (χ2n) is 20.3. The van der Waals surface area contributed by atoms with E-state index in [1.165, 1.54) is 218 Å². The first-order valence-electron chi connectivity index (χ1n) is 27.4. The summed E-state index contributed by atoms with van der Waals surface area (Å²) in [7, 11) is 1.63. The van der Waals surface area contributed by atoms with E-state index in [1.54, 1.807) is 0 Å². The highest BCUT2D eigenvalue weighted by Gasteiger charge is 2.28. The van der Waals surface area contributed by atoms with Gasteiger partial charge in [0.1, 0.15) is 13.2 Å². The van der Waals surface area contributed by atoms with Gasteiger partial charge in [0.25, 0.3) is 0 Å². The van der Waals surface area contributed by atoms with Gasteiger partial charge in [0.2, 0.25) is 5.91 Å². The van der Waals surface area contributed by atoms with E-state index in [9.17, 15) is 19.4 Å². The Morgan fingerprint density at radius 1 is 0.484 bits per heavy atom. The second kappa shape index (κ2) is 45.6. The molecule has 0 radical (unpaired) electrons. The molecule has 3 unspecified atom stereocenters. The van der Waals surface area contributed by atoms with Crippen LogP contribution >= 0.6 is 7.82 Å². The van der Waals surface area contributed by atoms with Crippen LogP contribution in [0, 0.1) is 0 Å². The van der Waals surface area contributed by atoms with Crippen LogP contribution in [0.2, 0.25) is 0 Å². The SMILES string of the molecule is CCCCCCCCCCCCCCCCCCCCCCCCCC(O)C(COP(=O)(O)OCC[N+](C)(C)C)NC(=O)CCCCCCCCCCCCCCCCCCC. The smallest absolute Gasteiger partial charge is 0.391 e. The van der Waals surface area contributed by atoms with Gasteiger partial charge in [-0.1, -0.05) is 264 Å². The van der Waals surface area contributed by atoms with Crippen LogP contribution in [0.15, 0.2) is 0 Å². The van der Waals surface area contributed by atoms with Gasteiger partial charge in [-0.15, -0.1) is 0 Å². The normalized spacial score (nSPS) is 14.0. The third-order valence-electron chi connectivity index (χ3n) is 12.9. The van der Waals surface area contributed by atoms with E-state index in [0.29, 0.717) is 23.9 Å². The van der Waals surface area contributed by atoms with Gasteiger partial charge in [0.15, 0.2) is 0 Å². The van der Waals surface area contributed by atoms with Crippen molar-refractivity contribution in [3.63, 3.8) is 0 Å². The predicted molar refractivity (Wildman–Crippen MR) is 268 cm³/mol. The Bertz CT molecular complexity index is 978. The fourth-order valence-electron chi connectivity index (χ4n) is 8.52. The lowest BCUT2D eigenvalue weighted by Gasteiger charge is -2.26. The molecule has 0 rings (SSSR count). The first-order chi connectivity index (χ1) is 30.0. The molecule has 0 aliphatic carbocycles. The number of phosphoric ester groups is 1. The van der Waals surface area contributed by atoms with Crippen molar-refractivity contribution >= 4 is 13.7 Å². The fourth-order valence-corrected chi connectivity index (χ4v) is 9.26. The minimum absolute atomic E-state index is 0.0790. The molecule has 0 aromatic carbocycles. The first-order valence-corrected chi connectivity index (χ1v) is 28.9. The van der Waals surface area contributed by atoms with Gasteiger partial charge >= 0.3 is 7.82 Å². The molecule has 0 aromatic rings. The van der Waals surface area contributed by atoms with E-state index in [4.69, 9.17) is 9.05 Å². The number of carbonyl (C=O) groups excluding carboxylic acids is 1. The Labute approximate surface area is 387 Å². The number of hydrogen-bond acceptors (Lipinski definition) is 5. The van der Waals surface area contributed by atoms with Gasteiger partial charge in [0, 0.05) is 6.42 Å². The van der Waals surface area contributed by atoms with Crippen LogP contribution < -0.4 is 5.32 Å². The van der Waals surface area contributed by atoms with Crippen LogP contribution in [0.4, 0.5) is 0 Å². The molecule has 3 N–H and O–H groups in total. The lowest BCUT2D eigenvalue weighted by atomic mass is 10.0. The van der Waals surface area contributed by atoms with Crippen molar-refractivity contribution in [2.75, 3.05) is 40.9 Å². The summed E-state index contributed by atoms with van der Waals surface area (Å²) in [4.78, 5) is 23.3.